The molecule has 0 unspecified atom stereocenters. The fraction of sp³-hybridized carbons (Fsp3) is 0.409. The van der Waals surface area contributed by atoms with Crippen LogP contribution in [0.3, 0.4) is 0 Å². The first-order valence-electron chi connectivity index (χ1n) is 10.1. The number of carbonyl (C=O) groups is 1. The quantitative estimate of drug-likeness (QED) is 0.630. The molecule has 0 saturated carbocycles. The van der Waals surface area contributed by atoms with Crippen LogP contribution in [0.4, 0.5) is 0 Å². The van der Waals surface area contributed by atoms with Gasteiger partial charge >= 0.3 is 0 Å². The first-order valence-corrected chi connectivity index (χ1v) is 12.7. The monoisotopic (exact) mass is 447 g/mol. The number of piperazine rings is 1. The summed E-state index contributed by atoms with van der Waals surface area (Å²) in [6.07, 6.45) is 0. The smallest absolute Gasteiger partial charge is 0.251 e. The van der Waals surface area contributed by atoms with Gasteiger partial charge in [0.05, 0.1) is 4.90 Å². The van der Waals surface area contributed by atoms with E-state index in [0.717, 1.165) is 11.5 Å². The number of amides is 1. The molecule has 0 spiro atoms. The minimum Gasteiger partial charge on any atom is -0.351 e. The molecular formula is C22H29N3O3S2. The van der Waals surface area contributed by atoms with Crippen LogP contribution in [0.1, 0.15) is 21.5 Å². The van der Waals surface area contributed by atoms with E-state index < -0.39 is 10.0 Å². The van der Waals surface area contributed by atoms with E-state index in [1.165, 1.54) is 21.5 Å². The molecule has 0 bridgehead atoms. The number of benzene rings is 2. The first kappa shape index (κ1) is 22.8. The Morgan fingerprint density at radius 3 is 2.53 bits per heavy atom. The minimum absolute atomic E-state index is 0.175. The molecule has 162 valence electrons. The summed E-state index contributed by atoms with van der Waals surface area (Å²) in [5.41, 5.74) is 2.88. The van der Waals surface area contributed by atoms with Crippen LogP contribution in [0.15, 0.2) is 53.4 Å². The van der Waals surface area contributed by atoms with Crippen molar-refractivity contribution in [1.82, 2.24) is 14.5 Å². The maximum atomic E-state index is 12.9. The van der Waals surface area contributed by atoms with Crippen molar-refractivity contribution in [2.45, 2.75) is 17.6 Å². The molecule has 1 amide bonds. The number of hydrogen-bond acceptors (Lipinski definition) is 5. The molecule has 1 N–H and O–H groups in total. The average molecular weight is 448 g/mol. The van der Waals surface area contributed by atoms with E-state index in [1.54, 1.807) is 30.0 Å². The lowest BCUT2D eigenvalue weighted by molar-refractivity contribution is 0.0956. The van der Waals surface area contributed by atoms with Crippen molar-refractivity contribution in [3.8, 4) is 0 Å². The lowest BCUT2D eigenvalue weighted by Crippen LogP contribution is -2.47. The molecular weight excluding hydrogens is 418 g/mol. The number of nitrogens with zero attached hydrogens (tertiary/aromatic N) is 2. The van der Waals surface area contributed by atoms with Crippen molar-refractivity contribution < 1.29 is 13.2 Å². The van der Waals surface area contributed by atoms with Gasteiger partial charge < -0.3 is 10.2 Å². The molecule has 1 aliphatic rings. The fourth-order valence-electron chi connectivity index (χ4n) is 3.31. The van der Waals surface area contributed by atoms with Crippen molar-refractivity contribution in [1.29, 1.82) is 0 Å². The Morgan fingerprint density at radius 2 is 1.80 bits per heavy atom. The Labute approximate surface area is 183 Å². The Bertz CT molecular complexity index is 971. The van der Waals surface area contributed by atoms with E-state index in [0.29, 0.717) is 38.3 Å². The van der Waals surface area contributed by atoms with E-state index in [1.807, 2.05) is 7.05 Å². The summed E-state index contributed by atoms with van der Waals surface area (Å²) < 4.78 is 27.3. The average Bonchev–Trinajstić information content (AvgIpc) is 2.74. The Morgan fingerprint density at radius 1 is 1.07 bits per heavy atom. The van der Waals surface area contributed by atoms with E-state index >= 15 is 0 Å². The van der Waals surface area contributed by atoms with Crippen LogP contribution < -0.4 is 5.32 Å². The summed E-state index contributed by atoms with van der Waals surface area (Å²) in [4.78, 5) is 14.8. The van der Waals surface area contributed by atoms with Gasteiger partial charge in [-0.15, -0.1) is 0 Å². The molecule has 3 rings (SSSR count). The lowest BCUT2D eigenvalue weighted by atomic mass is 10.2. The summed E-state index contributed by atoms with van der Waals surface area (Å²) in [5, 5.41) is 2.89. The maximum Gasteiger partial charge on any atom is 0.251 e. The van der Waals surface area contributed by atoms with Crippen LogP contribution in [-0.2, 0) is 15.8 Å². The third-order valence-electron chi connectivity index (χ3n) is 5.08. The van der Waals surface area contributed by atoms with Crippen LogP contribution in [0.25, 0.3) is 0 Å². The van der Waals surface area contributed by atoms with Gasteiger partial charge in [0.15, 0.2) is 0 Å². The molecule has 6 nitrogen and oxygen atoms in total. The predicted octanol–water partition coefficient (Wildman–Crippen LogP) is 2.59. The standard InChI is InChI=1S/C22H29N3O3S2/c1-18-5-3-6-19(15-18)17-29-14-9-23-22(26)20-7-4-8-21(16-20)30(27,28)25-12-10-24(2)11-13-25/h3-8,15-16H,9-14,17H2,1-2H3,(H,23,26). The normalized spacial score (nSPS) is 15.8. The second-order valence-electron chi connectivity index (χ2n) is 7.53. The zero-order valence-electron chi connectivity index (χ0n) is 17.5. The predicted molar refractivity (Wildman–Crippen MR) is 122 cm³/mol. The van der Waals surface area contributed by atoms with E-state index in [-0.39, 0.29) is 10.8 Å². The molecule has 2 aromatic rings. The highest BCUT2D eigenvalue weighted by atomic mass is 32.2. The second-order valence-corrected chi connectivity index (χ2v) is 10.6. The summed E-state index contributed by atoms with van der Waals surface area (Å²) in [6, 6.07) is 14.7. The molecule has 0 aliphatic carbocycles. The van der Waals surface area contributed by atoms with Crippen LogP contribution in [0.2, 0.25) is 0 Å². The van der Waals surface area contributed by atoms with Gasteiger partial charge in [-0.05, 0) is 37.7 Å². The number of hydrogen-bond donors (Lipinski definition) is 1. The van der Waals surface area contributed by atoms with Gasteiger partial charge in [-0.25, -0.2) is 8.42 Å². The first-order chi connectivity index (χ1) is 14.4. The van der Waals surface area contributed by atoms with E-state index in [9.17, 15) is 13.2 Å². The van der Waals surface area contributed by atoms with Crippen LogP contribution in [0.5, 0.6) is 0 Å². The summed E-state index contributed by atoms with van der Waals surface area (Å²) in [7, 11) is -1.60. The molecule has 30 heavy (non-hydrogen) atoms. The zero-order chi connectivity index (χ0) is 21.6. The van der Waals surface area contributed by atoms with Crippen LogP contribution in [0, 0.1) is 6.92 Å². The zero-order valence-corrected chi connectivity index (χ0v) is 19.1. The number of nitrogens with one attached hydrogen (secondary N) is 1. The highest BCUT2D eigenvalue weighted by molar-refractivity contribution is 7.98. The van der Waals surface area contributed by atoms with Crippen molar-refractivity contribution in [2.75, 3.05) is 45.5 Å². The van der Waals surface area contributed by atoms with E-state index in [4.69, 9.17) is 0 Å². The number of aryl methyl sites for hydroxylation is 1. The molecule has 1 aliphatic heterocycles. The van der Waals surface area contributed by atoms with Crippen molar-refractivity contribution >= 4 is 27.7 Å². The van der Waals surface area contributed by atoms with E-state index in [2.05, 4.69) is 41.4 Å². The number of thioether (sulfide) groups is 1. The number of carbonyl (C=O) groups excluding carboxylic acids is 1. The van der Waals surface area contributed by atoms with Gasteiger partial charge in [-0.2, -0.15) is 16.1 Å². The van der Waals surface area contributed by atoms with Crippen molar-refractivity contribution in [2.24, 2.45) is 0 Å². The minimum atomic E-state index is -3.58. The summed E-state index contributed by atoms with van der Waals surface area (Å²) in [6.45, 7) is 4.96. The van der Waals surface area contributed by atoms with Gasteiger partial charge in [0.2, 0.25) is 10.0 Å². The molecule has 0 aromatic heterocycles. The largest absolute Gasteiger partial charge is 0.351 e. The SMILES string of the molecule is Cc1cccc(CSCCNC(=O)c2cccc(S(=O)(=O)N3CCN(C)CC3)c2)c1. The third-order valence-corrected chi connectivity index (χ3v) is 8.00. The lowest BCUT2D eigenvalue weighted by Gasteiger charge is -2.31. The fourth-order valence-corrected chi connectivity index (χ4v) is 5.58. The Hall–Kier alpha value is -1.87. The second kappa shape index (κ2) is 10.4. The van der Waals surface area contributed by atoms with Crippen molar-refractivity contribution in [3.05, 3.63) is 65.2 Å². The highest BCUT2D eigenvalue weighted by Crippen LogP contribution is 2.19. The topological polar surface area (TPSA) is 69.7 Å². The van der Waals surface area contributed by atoms with Crippen LogP contribution in [-0.4, -0.2) is 69.1 Å². The summed E-state index contributed by atoms with van der Waals surface area (Å²) >= 11 is 1.76. The maximum absolute atomic E-state index is 12.9. The van der Waals surface area contributed by atoms with Crippen molar-refractivity contribution in [3.63, 3.8) is 0 Å². The van der Waals surface area contributed by atoms with Gasteiger partial charge in [0.1, 0.15) is 0 Å². The van der Waals surface area contributed by atoms with Gasteiger partial charge in [-0.3, -0.25) is 4.79 Å². The molecule has 0 radical (unpaired) electrons. The van der Waals surface area contributed by atoms with Crippen LogP contribution >= 0.6 is 11.8 Å². The van der Waals surface area contributed by atoms with Gasteiger partial charge in [0.25, 0.3) is 5.91 Å². The highest BCUT2D eigenvalue weighted by Gasteiger charge is 2.27. The molecule has 1 heterocycles. The number of likely N-dealkylation sites (N-methyl/N-ethyl adjacent to an activating group) is 1. The number of rotatable bonds is 8. The Kier molecular flexibility index (Phi) is 7.93. The molecule has 2 aromatic carbocycles. The molecule has 1 saturated heterocycles. The Balaban J connectivity index is 1.51. The summed E-state index contributed by atoms with van der Waals surface area (Å²) in [5.74, 6) is 1.44. The third kappa shape index (κ3) is 6.07. The molecule has 8 heteroatoms. The molecule has 1 fully saturated rings. The van der Waals surface area contributed by atoms with Gasteiger partial charge in [-0.1, -0.05) is 35.9 Å². The number of sulfonamides is 1. The van der Waals surface area contributed by atoms with Gasteiger partial charge in [0, 0.05) is 49.8 Å². The molecule has 0 atom stereocenters.